The Balaban J connectivity index is 1.63. The van der Waals surface area contributed by atoms with Crippen molar-refractivity contribution < 1.29 is 53.9 Å². The van der Waals surface area contributed by atoms with E-state index in [0.717, 1.165) is 18.2 Å². The lowest BCUT2D eigenvalue weighted by molar-refractivity contribution is -0.266. The Labute approximate surface area is 250 Å². The number of carboxylic acids is 1. The van der Waals surface area contributed by atoms with Crippen molar-refractivity contribution in [3.8, 4) is 5.75 Å². The van der Waals surface area contributed by atoms with Gasteiger partial charge >= 0.3 is 5.97 Å². The number of aromatic nitrogens is 1. The Morgan fingerprint density at radius 3 is 2.34 bits per heavy atom. The SMILES string of the molecule is [2H]C([2H])([2H])C([2H])([2H])c1cc2c(cc1C([2H])([2H])C([2H])([2H])[2H])CC(N(C[C@H](O)c1ccc(O)c3[nH]c(=O)ccc13)[C@@H]1O[C@H](C(=O)O)[C@@H](O)[C@H](O)[C@H]1O)C2. The molecule has 3 aromatic rings. The van der Waals surface area contributed by atoms with Crippen molar-refractivity contribution in [2.75, 3.05) is 6.54 Å². The molecule has 220 valence electrons. The summed E-state index contributed by atoms with van der Waals surface area (Å²) in [6.07, 6.45) is -18.1. The molecule has 2 aliphatic rings. The number of rotatable bonds is 8. The lowest BCUT2D eigenvalue weighted by Crippen LogP contribution is -2.66. The van der Waals surface area contributed by atoms with Gasteiger partial charge in [-0.1, -0.05) is 31.9 Å². The second-order valence-electron chi connectivity index (χ2n) is 10.2. The van der Waals surface area contributed by atoms with Gasteiger partial charge < -0.3 is 40.4 Å². The van der Waals surface area contributed by atoms with Crippen molar-refractivity contribution in [3.05, 3.63) is 74.6 Å². The maximum atomic E-state index is 12.0. The Hall–Kier alpha value is -3.32. The van der Waals surface area contributed by atoms with Crippen molar-refractivity contribution in [2.24, 2.45) is 0 Å². The third-order valence-corrected chi connectivity index (χ3v) is 7.80. The predicted octanol–water partition coefficient (Wildman–Crippen LogP) is 0.753. The molecule has 41 heavy (non-hydrogen) atoms. The second kappa shape index (κ2) is 11.5. The standard InChI is InChI=1S/C30H36N2O9/c1-3-14-9-16-11-18(12-17(16)10-15(14)4-2)32(29-27(38)25(36)26(37)28(41-29)30(39)40)13-22(34)19-5-7-21(33)24-20(19)6-8-23(35)31-24/h5-10,18,22,25-29,33-34,36-38H,3-4,11-13H2,1-2H3,(H,31,35)(H,39,40)/t22-,25-,26-,27+,28-,29+/m0/s1/i1D3,2D3,3D2,4D2. The number of pyridine rings is 1. The van der Waals surface area contributed by atoms with Crippen LogP contribution in [0.1, 0.15) is 61.3 Å². The van der Waals surface area contributed by atoms with Gasteiger partial charge in [0.1, 0.15) is 30.3 Å². The first-order valence-corrected chi connectivity index (χ1v) is 12.8. The molecular weight excluding hydrogens is 532 g/mol. The number of nitrogens with one attached hydrogen (secondary N) is 1. The first kappa shape index (κ1) is 19.0. The molecule has 1 aromatic heterocycles. The molecule has 11 nitrogen and oxygen atoms in total. The number of aliphatic hydroxyl groups is 4. The van der Waals surface area contributed by atoms with Crippen molar-refractivity contribution in [1.82, 2.24) is 9.88 Å². The number of phenols is 1. The van der Waals surface area contributed by atoms with Gasteiger partial charge in [0.15, 0.2) is 6.10 Å². The number of carboxylic acid groups (broad SMARTS) is 1. The van der Waals surface area contributed by atoms with Gasteiger partial charge in [-0.05, 0) is 65.5 Å². The zero-order valence-corrected chi connectivity index (χ0v) is 21.5. The van der Waals surface area contributed by atoms with Gasteiger partial charge in [-0.2, -0.15) is 0 Å². The number of aromatic amines is 1. The number of aromatic hydroxyl groups is 1. The fourth-order valence-electron chi connectivity index (χ4n) is 5.74. The lowest BCUT2D eigenvalue weighted by atomic mass is 9.95. The molecule has 0 amide bonds. The van der Waals surface area contributed by atoms with Crippen LogP contribution in [0.15, 0.2) is 41.2 Å². The number of aliphatic carboxylic acids is 1. The molecule has 11 heteroatoms. The number of aliphatic hydroxyl groups excluding tert-OH is 4. The molecular formula is C30H36N2O9. The third kappa shape index (κ3) is 5.36. The van der Waals surface area contributed by atoms with Gasteiger partial charge in [0.2, 0.25) is 5.56 Å². The largest absolute Gasteiger partial charge is 0.506 e. The summed E-state index contributed by atoms with van der Waals surface area (Å²) in [4.78, 5) is 27.7. The second-order valence-corrected chi connectivity index (χ2v) is 10.2. The Kier molecular flexibility index (Phi) is 5.33. The number of ether oxygens (including phenoxy) is 1. The summed E-state index contributed by atoms with van der Waals surface area (Å²) in [5.74, 6) is -2.00. The van der Waals surface area contributed by atoms with E-state index in [9.17, 15) is 40.2 Å². The first-order valence-electron chi connectivity index (χ1n) is 17.8. The van der Waals surface area contributed by atoms with E-state index in [1.165, 1.54) is 23.1 Å². The molecule has 5 rings (SSSR count). The fourth-order valence-corrected chi connectivity index (χ4v) is 5.74. The van der Waals surface area contributed by atoms with E-state index < -0.39 is 98.4 Å². The first-order chi connectivity index (χ1) is 23.4. The zero-order chi connectivity index (χ0) is 38.2. The van der Waals surface area contributed by atoms with E-state index in [0.29, 0.717) is 0 Å². The summed E-state index contributed by atoms with van der Waals surface area (Å²) in [6.45, 7) is -7.20. The molecule has 1 aliphatic heterocycles. The van der Waals surface area contributed by atoms with Crippen LogP contribution >= 0.6 is 0 Å². The van der Waals surface area contributed by atoms with Gasteiger partial charge in [0.25, 0.3) is 0 Å². The summed E-state index contributed by atoms with van der Waals surface area (Å²) < 4.78 is 86.2. The number of hydrogen-bond donors (Lipinski definition) is 7. The van der Waals surface area contributed by atoms with Crippen LogP contribution in [-0.4, -0.2) is 89.7 Å². The minimum Gasteiger partial charge on any atom is -0.506 e. The molecule has 0 spiro atoms. The molecule has 0 radical (unpaired) electrons. The Morgan fingerprint density at radius 2 is 1.73 bits per heavy atom. The van der Waals surface area contributed by atoms with Gasteiger partial charge in [-0.25, -0.2) is 4.79 Å². The number of nitrogens with zero attached hydrogens (tertiary/aromatic N) is 1. The summed E-state index contributed by atoms with van der Waals surface area (Å²) in [7, 11) is 0. The average Bonchev–Trinajstić information content (AvgIpc) is 3.44. The minimum absolute atomic E-state index is 0.00979. The molecule has 0 unspecified atom stereocenters. The van der Waals surface area contributed by atoms with Crippen LogP contribution in [0.2, 0.25) is 0 Å². The van der Waals surface area contributed by atoms with E-state index >= 15 is 0 Å². The van der Waals surface area contributed by atoms with E-state index in [1.807, 2.05) is 0 Å². The van der Waals surface area contributed by atoms with Crippen molar-refractivity contribution in [3.63, 3.8) is 0 Å². The quantitative estimate of drug-likeness (QED) is 0.201. The summed E-state index contributed by atoms with van der Waals surface area (Å²) >= 11 is 0. The molecule has 1 saturated heterocycles. The fraction of sp³-hybridized carbons (Fsp3) is 0.467. The average molecular weight is 579 g/mol. The van der Waals surface area contributed by atoms with Crippen LogP contribution in [0, 0.1) is 0 Å². The van der Waals surface area contributed by atoms with Gasteiger partial charge in [0.05, 0.1) is 11.6 Å². The van der Waals surface area contributed by atoms with Gasteiger partial charge in [-0.15, -0.1) is 0 Å². The number of phenolic OH excluding ortho intramolecular Hbond substituents is 1. The highest BCUT2D eigenvalue weighted by atomic mass is 16.6. The van der Waals surface area contributed by atoms with Gasteiger partial charge in [-0.3, -0.25) is 9.69 Å². The van der Waals surface area contributed by atoms with Crippen LogP contribution < -0.4 is 5.56 Å². The number of fused-ring (bicyclic) bond motifs is 2. The molecule has 6 atom stereocenters. The number of carbonyl (C=O) groups is 1. The van der Waals surface area contributed by atoms with Gasteiger partial charge in [0, 0.05) is 37.7 Å². The normalized spacial score (nSPS) is 30.4. The highest BCUT2D eigenvalue weighted by Gasteiger charge is 2.50. The maximum Gasteiger partial charge on any atom is 0.335 e. The topological polar surface area (TPSA) is 184 Å². The summed E-state index contributed by atoms with van der Waals surface area (Å²) in [5, 5.41) is 64.0. The molecule has 1 aliphatic carbocycles. The van der Waals surface area contributed by atoms with Crippen molar-refractivity contribution in [1.29, 1.82) is 0 Å². The molecule has 7 N–H and O–H groups in total. The van der Waals surface area contributed by atoms with Crippen LogP contribution in [0.3, 0.4) is 0 Å². The van der Waals surface area contributed by atoms with Crippen LogP contribution in [0.5, 0.6) is 5.75 Å². The molecule has 0 bridgehead atoms. The van der Waals surface area contributed by atoms with Crippen LogP contribution in [-0.2, 0) is 35.1 Å². The monoisotopic (exact) mass is 578 g/mol. The highest BCUT2D eigenvalue weighted by Crippen LogP contribution is 2.36. The molecule has 2 aromatic carbocycles. The number of hydrogen-bond acceptors (Lipinski definition) is 9. The van der Waals surface area contributed by atoms with E-state index in [4.69, 9.17) is 18.4 Å². The lowest BCUT2D eigenvalue weighted by Gasteiger charge is -2.46. The van der Waals surface area contributed by atoms with E-state index in [-0.39, 0.29) is 46.2 Å². The summed E-state index contributed by atoms with van der Waals surface area (Å²) in [6, 6.07) is 6.25. The number of H-pyrrole nitrogens is 1. The number of benzene rings is 2. The minimum atomic E-state index is -3.35. The number of aryl methyl sites for hydroxylation is 2. The Morgan fingerprint density at radius 1 is 1.07 bits per heavy atom. The third-order valence-electron chi connectivity index (χ3n) is 7.80. The molecule has 1 fully saturated rings. The van der Waals surface area contributed by atoms with E-state index in [2.05, 4.69) is 4.98 Å². The zero-order valence-electron chi connectivity index (χ0n) is 31.5. The Bertz CT molecular complexity index is 1830. The highest BCUT2D eigenvalue weighted by molar-refractivity contribution is 5.87. The molecule has 0 saturated carbocycles. The smallest absolute Gasteiger partial charge is 0.335 e. The van der Waals surface area contributed by atoms with Crippen molar-refractivity contribution >= 4 is 16.9 Å². The van der Waals surface area contributed by atoms with Crippen LogP contribution in [0.4, 0.5) is 0 Å². The predicted molar refractivity (Wildman–Crippen MR) is 149 cm³/mol. The summed E-state index contributed by atoms with van der Waals surface area (Å²) in [5.41, 5.74) is -1.35. The van der Waals surface area contributed by atoms with E-state index in [1.54, 1.807) is 0 Å². The van der Waals surface area contributed by atoms with Crippen LogP contribution in [0.25, 0.3) is 10.9 Å². The molecule has 2 heterocycles. The van der Waals surface area contributed by atoms with Crippen molar-refractivity contribution in [2.45, 2.75) is 82.1 Å². The maximum absolute atomic E-state index is 12.0.